The van der Waals surface area contributed by atoms with Crippen LogP contribution >= 0.6 is 12.4 Å². The molecular weight excluding hydrogens is 222 g/mol. The molecule has 0 bridgehead atoms. The first-order valence-electron chi connectivity index (χ1n) is 5.26. The maximum absolute atomic E-state index is 4.62. The topological polar surface area (TPSA) is 29.9 Å². The van der Waals surface area contributed by atoms with Gasteiger partial charge in [0.1, 0.15) is 5.82 Å². The Labute approximate surface area is 101 Å². The van der Waals surface area contributed by atoms with Gasteiger partial charge in [-0.15, -0.1) is 12.4 Å². The standard InChI is InChI=1S/C12H13N3.ClH/c1-2-4-10(5-3-1)11-9-15-7-6-13-8-12(15)14-11;/h1-5,9,13H,6-8H2;1H. The first-order chi connectivity index (χ1) is 7.43. The van der Waals surface area contributed by atoms with E-state index in [-0.39, 0.29) is 12.4 Å². The molecule has 2 heterocycles. The van der Waals surface area contributed by atoms with Gasteiger partial charge in [0.2, 0.25) is 0 Å². The summed E-state index contributed by atoms with van der Waals surface area (Å²) in [6.07, 6.45) is 2.14. The summed E-state index contributed by atoms with van der Waals surface area (Å²) >= 11 is 0. The first kappa shape index (κ1) is 11.2. The molecule has 1 aliphatic rings. The molecule has 0 amide bonds. The third-order valence-corrected chi connectivity index (χ3v) is 2.74. The van der Waals surface area contributed by atoms with Crippen LogP contribution in [-0.2, 0) is 13.1 Å². The number of halogens is 1. The van der Waals surface area contributed by atoms with Gasteiger partial charge in [0, 0.05) is 24.8 Å². The number of hydrogen-bond donors (Lipinski definition) is 1. The number of nitrogens with one attached hydrogen (secondary N) is 1. The number of fused-ring (bicyclic) bond motifs is 1. The quantitative estimate of drug-likeness (QED) is 0.820. The van der Waals surface area contributed by atoms with Gasteiger partial charge in [-0.3, -0.25) is 0 Å². The third kappa shape index (κ3) is 1.96. The Balaban J connectivity index is 0.000000963. The minimum atomic E-state index is 0. The average Bonchev–Trinajstić information content (AvgIpc) is 2.74. The number of nitrogens with zero attached hydrogens (tertiary/aromatic N) is 2. The fourth-order valence-corrected chi connectivity index (χ4v) is 1.94. The SMILES string of the molecule is Cl.c1ccc(-c2cn3c(n2)CNCC3)cc1. The first-order valence-corrected chi connectivity index (χ1v) is 5.26. The molecule has 84 valence electrons. The van der Waals surface area contributed by atoms with Crippen LogP contribution in [0.5, 0.6) is 0 Å². The van der Waals surface area contributed by atoms with Gasteiger partial charge in [0.05, 0.1) is 12.2 Å². The van der Waals surface area contributed by atoms with E-state index in [1.807, 2.05) is 18.2 Å². The van der Waals surface area contributed by atoms with Crippen LogP contribution in [0.25, 0.3) is 11.3 Å². The van der Waals surface area contributed by atoms with E-state index in [9.17, 15) is 0 Å². The Kier molecular flexibility index (Phi) is 3.27. The molecule has 1 N–H and O–H groups in total. The molecule has 1 aromatic heterocycles. The molecule has 3 rings (SSSR count). The van der Waals surface area contributed by atoms with Crippen molar-refractivity contribution in [1.82, 2.24) is 14.9 Å². The monoisotopic (exact) mass is 235 g/mol. The van der Waals surface area contributed by atoms with Gasteiger partial charge in [-0.2, -0.15) is 0 Å². The van der Waals surface area contributed by atoms with Crippen molar-refractivity contribution >= 4 is 12.4 Å². The Morgan fingerprint density at radius 1 is 1.19 bits per heavy atom. The fourth-order valence-electron chi connectivity index (χ4n) is 1.94. The Morgan fingerprint density at radius 2 is 2.00 bits per heavy atom. The summed E-state index contributed by atoms with van der Waals surface area (Å²) in [6.45, 7) is 2.94. The van der Waals surface area contributed by atoms with Gasteiger partial charge in [-0.1, -0.05) is 30.3 Å². The molecule has 16 heavy (non-hydrogen) atoms. The minimum absolute atomic E-state index is 0. The Bertz CT molecular complexity index is 441. The van der Waals surface area contributed by atoms with Gasteiger partial charge in [-0.05, 0) is 0 Å². The van der Waals surface area contributed by atoms with Crippen molar-refractivity contribution in [3.05, 3.63) is 42.4 Å². The van der Waals surface area contributed by atoms with E-state index in [2.05, 4.69) is 33.2 Å². The summed E-state index contributed by atoms with van der Waals surface area (Å²) in [7, 11) is 0. The molecule has 0 radical (unpaired) electrons. The van der Waals surface area contributed by atoms with Gasteiger partial charge in [0.15, 0.2) is 0 Å². The largest absolute Gasteiger partial charge is 0.332 e. The lowest BCUT2D eigenvalue weighted by molar-refractivity contribution is 0.505. The molecule has 0 atom stereocenters. The van der Waals surface area contributed by atoms with Crippen LogP contribution in [0.1, 0.15) is 5.82 Å². The van der Waals surface area contributed by atoms with Crippen LogP contribution in [0.4, 0.5) is 0 Å². The van der Waals surface area contributed by atoms with E-state index >= 15 is 0 Å². The van der Waals surface area contributed by atoms with Crippen molar-refractivity contribution in [2.75, 3.05) is 6.54 Å². The van der Waals surface area contributed by atoms with Gasteiger partial charge in [-0.25, -0.2) is 4.98 Å². The lowest BCUT2D eigenvalue weighted by atomic mass is 10.2. The molecule has 0 saturated carbocycles. The Morgan fingerprint density at radius 3 is 2.75 bits per heavy atom. The molecule has 2 aromatic rings. The van der Waals surface area contributed by atoms with Gasteiger partial charge < -0.3 is 9.88 Å². The zero-order chi connectivity index (χ0) is 10.1. The van der Waals surface area contributed by atoms with Crippen LogP contribution < -0.4 is 5.32 Å². The zero-order valence-corrected chi connectivity index (χ0v) is 9.70. The summed E-state index contributed by atoms with van der Waals surface area (Å²) in [5, 5.41) is 3.32. The van der Waals surface area contributed by atoms with Crippen molar-refractivity contribution in [3.63, 3.8) is 0 Å². The highest BCUT2D eigenvalue weighted by molar-refractivity contribution is 5.85. The van der Waals surface area contributed by atoms with Crippen molar-refractivity contribution in [2.45, 2.75) is 13.1 Å². The second-order valence-electron chi connectivity index (χ2n) is 3.78. The van der Waals surface area contributed by atoms with E-state index in [1.165, 1.54) is 5.56 Å². The van der Waals surface area contributed by atoms with E-state index in [1.54, 1.807) is 0 Å². The lowest BCUT2D eigenvalue weighted by Crippen LogP contribution is -2.27. The number of hydrogen-bond acceptors (Lipinski definition) is 2. The molecule has 0 spiro atoms. The van der Waals surface area contributed by atoms with Crippen LogP contribution in [0.15, 0.2) is 36.5 Å². The van der Waals surface area contributed by atoms with Crippen LogP contribution in [0, 0.1) is 0 Å². The zero-order valence-electron chi connectivity index (χ0n) is 8.89. The van der Waals surface area contributed by atoms with E-state index < -0.39 is 0 Å². The number of benzene rings is 1. The Hall–Kier alpha value is -1.32. The molecule has 3 nitrogen and oxygen atoms in total. The fraction of sp³-hybridized carbons (Fsp3) is 0.250. The molecule has 0 fully saturated rings. The summed E-state index contributed by atoms with van der Waals surface area (Å²) in [5.41, 5.74) is 2.27. The van der Waals surface area contributed by atoms with E-state index in [4.69, 9.17) is 0 Å². The maximum atomic E-state index is 4.62. The highest BCUT2D eigenvalue weighted by atomic mass is 35.5. The number of rotatable bonds is 1. The van der Waals surface area contributed by atoms with Crippen LogP contribution in [-0.4, -0.2) is 16.1 Å². The third-order valence-electron chi connectivity index (χ3n) is 2.74. The second-order valence-corrected chi connectivity index (χ2v) is 3.78. The molecule has 0 aliphatic carbocycles. The van der Waals surface area contributed by atoms with Crippen molar-refractivity contribution in [3.8, 4) is 11.3 Å². The predicted molar refractivity (Wildman–Crippen MR) is 66.6 cm³/mol. The van der Waals surface area contributed by atoms with E-state index in [0.29, 0.717) is 0 Å². The minimum Gasteiger partial charge on any atom is -0.332 e. The molecule has 0 saturated heterocycles. The average molecular weight is 236 g/mol. The van der Waals surface area contributed by atoms with Crippen LogP contribution in [0.2, 0.25) is 0 Å². The summed E-state index contributed by atoms with van der Waals surface area (Å²) in [4.78, 5) is 4.62. The maximum Gasteiger partial charge on any atom is 0.123 e. The summed E-state index contributed by atoms with van der Waals surface area (Å²) in [5.74, 6) is 1.14. The van der Waals surface area contributed by atoms with Crippen molar-refractivity contribution in [2.24, 2.45) is 0 Å². The highest BCUT2D eigenvalue weighted by Gasteiger charge is 2.11. The smallest absolute Gasteiger partial charge is 0.123 e. The predicted octanol–water partition coefficient (Wildman–Crippen LogP) is 2.08. The number of imidazole rings is 1. The normalized spacial score (nSPS) is 14.0. The molecule has 4 heteroatoms. The number of aromatic nitrogens is 2. The molecule has 1 aliphatic heterocycles. The van der Waals surface area contributed by atoms with Crippen molar-refractivity contribution in [1.29, 1.82) is 0 Å². The van der Waals surface area contributed by atoms with E-state index in [0.717, 1.165) is 31.2 Å². The molecular formula is C12H14ClN3. The van der Waals surface area contributed by atoms with Gasteiger partial charge in [0.25, 0.3) is 0 Å². The van der Waals surface area contributed by atoms with Crippen LogP contribution in [0.3, 0.4) is 0 Å². The lowest BCUT2D eigenvalue weighted by Gasteiger charge is -2.13. The summed E-state index contributed by atoms with van der Waals surface area (Å²) < 4.78 is 2.23. The second kappa shape index (κ2) is 4.68. The molecule has 1 aromatic carbocycles. The van der Waals surface area contributed by atoms with Gasteiger partial charge >= 0.3 is 0 Å². The summed E-state index contributed by atoms with van der Waals surface area (Å²) in [6, 6.07) is 10.3. The highest BCUT2D eigenvalue weighted by Crippen LogP contribution is 2.19. The molecule has 0 unspecified atom stereocenters. The van der Waals surface area contributed by atoms with Crippen molar-refractivity contribution < 1.29 is 0 Å².